The second-order valence-electron chi connectivity index (χ2n) is 4.44. The standard InChI is InChI=1S/C12H17ClN2O2/c1-12(2,17)8-14-7-11(16)15-10-6-4-3-5-9(10)13/h3-6,14,17H,7-8H2,1-2H3,(H,15,16). The van der Waals surface area contributed by atoms with Crippen molar-refractivity contribution < 1.29 is 9.90 Å². The summed E-state index contributed by atoms with van der Waals surface area (Å²) in [6.45, 7) is 3.83. The third kappa shape index (κ3) is 5.68. The predicted octanol–water partition coefficient (Wildman–Crippen LogP) is 1.64. The van der Waals surface area contributed by atoms with E-state index in [2.05, 4.69) is 10.6 Å². The molecule has 0 spiro atoms. The average molecular weight is 257 g/mol. The maximum Gasteiger partial charge on any atom is 0.238 e. The van der Waals surface area contributed by atoms with Crippen LogP contribution in [0, 0.1) is 0 Å². The van der Waals surface area contributed by atoms with Gasteiger partial charge in [0.05, 0.1) is 22.9 Å². The molecule has 1 aromatic rings. The Morgan fingerprint density at radius 2 is 2.06 bits per heavy atom. The molecule has 1 rings (SSSR count). The Bertz CT molecular complexity index is 388. The van der Waals surface area contributed by atoms with Gasteiger partial charge in [-0.2, -0.15) is 0 Å². The fraction of sp³-hybridized carbons (Fsp3) is 0.417. The van der Waals surface area contributed by atoms with Crippen molar-refractivity contribution in [1.29, 1.82) is 0 Å². The lowest BCUT2D eigenvalue weighted by Gasteiger charge is -2.17. The summed E-state index contributed by atoms with van der Waals surface area (Å²) in [5.74, 6) is -0.192. The minimum absolute atomic E-state index is 0.134. The minimum Gasteiger partial charge on any atom is -0.389 e. The minimum atomic E-state index is -0.829. The quantitative estimate of drug-likeness (QED) is 0.751. The molecule has 17 heavy (non-hydrogen) atoms. The van der Waals surface area contributed by atoms with Crippen LogP contribution in [0.25, 0.3) is 0 Å². The third-order valence-electron chi connectivity index (χ3n) is 1.99. The normalized spacial score (nSPS) is 11.3. The number of halogens is 1. The van der Waals surface area contributed by atoms with E-state index < -0.39 is 5.60 Å². The van der Waals surface area contributed by atoms with Crippen molar-refractivity contribution in [3.63, 3.8) is 0 Å². The third-order valence-corrected chi connectivity index (χ3v) is 2.32. The second-order valence-corrected chi connectivity index (χ2v) is 4.85. The summed E-state index contributed by atoms with van der Waals surface area (Å²) in [4.78, 5) is 11.5. The Morgan fingerprint density at radius 1 is 1.41 bits per heavy atom. The summed E-state index contributed by atoms with van der Waals surface area (Å²) in [5, 5.41) is 15.5. The predicted molar refractivity (Wildman–Crippen MR) is 69.2 cm³/mol. The van der Waals surface area contributed by atoms with E-state index in [4.69, 9.17) is 11.6 Å². The summed E-state index contributed by atoms with van der Waals surface area (Å²) in [5.41, 5.74) is -0.241. The van der Waals surface area contributed by atoms with E-state index in [9.17, 15) is 9.90 Å². The van der Waals surface area contributed by atoms with Crippen molar-refractivity contribution >= 4 is 23.2 Å². The summed E-state index contributed by atoms with van der Waals surface area (Å²) in [7, 11) is 0. The highest BCUT2D eigenvalue weighted by Crippen LogP contribution is 2.19. The van der Waals surface area contributed by atoms with Crippen LogP contribution < -0.4 is 10.6 Å². The summed E-state index contributed by atoms with van der Waals surface area (Å²) in [6.07, 6.45) is 0. The Kier molecular flexibility index (Phi) is 4.93. The Hall–Kier alpha value is -1.10. The highest BCUT2D eigenvalue weighted by Gasteiger charge is 2.12. The van der Waals surface area contributed by atoms with Crippen LogP contribution in [0.4, 0.5) is 5.69 Å². The Labute approximate surface area is 106 Å². The molecular formula is C12H17ClN2O2. The van der Waals surface area contributed by atoms with Crippen molar-refractivity contribution in [2.24, 2.45) is 0 Å². The van der Waals surface area contributed by atoms with E-state index in [0.717, 1.165) is 0 Å². The number of anilines is 1. The monoisotopic (exact) mass is 256 g/mol. The summed E-state index contributed by atoms with van der Waals surface area (Å²) >= 11 is 5.90. The molecule has 0 atom stereocenters. The molecule has 0 heterocycles. The largest absolute Gasteiger partial charge is 0.389 e. The number of carbonyl (C=O) groups is 1. The molecule has 0 fully saturated rings. The van der Waals surface area contributed by atoms with E-state index in [-0.39, 0.29) is 12.5 Å². The number of hydrogen-bond donors (Lipinski definition) is 3. The maximum atomic E-state index is 11.5. The SMILES string of the molecule is CC(C)(O)CNCC(=O)Nc1ccccc1Cl. The zero-order valence-electron chi connectivity index (χ0n) is 9.96. The molecular weight excluding hydrogens is 240 g/mol. The van der Waals surface area contributed by atoms with Crippen molar-refractivity contribution in [3.05, 3.63) is 29.3 Å². The van der Waals surface area contributed by atoms with Gasteiger partial charge in [0.2, 0.25) is 5.91 Å². The summed E-state index contributed by atoms with van der Waals surface area (Å²) < 4.78 is 0. The molecule has 5 heteroatoms. The molecule has 0 saturated heterocycles. The van der Waals surface area contributed by atoms with Gasteiger partial charge in [-0.05, 0) is 26.0 Å². The fourth-order valence-electron chi connectivity index (χ4n) is 1.24. The van der Waals surface area contributed by atoms with E-state index in [1.807, 2.05) is 0 Å². The number of para-hydroxylation sites is 1. The number of nitrogens with one attached hydrogen (secondary N) is 2. The van der Waals surface area contributed by atoms with E-state index in [0.29, 0.717) is 17.3 Å². The molecule has 1 amide bonds. The van der Waals surface area contributed by atoms with Gasteiger partial charge in [0.15, 0.2) is 0 Å². The average Bonchev–Trinajstić information content (AvgIpc) is 2.19. The lowest BCUT2D eigenvalue weighted by Crippen LogP contribution is -2.38. The maximum absolute atomic E-state index is 11.5. The van der Waals surface area contributed by atoms with E-state index in [1.165, 1.54) is 0 Å². The molecule has 0 aliphatic rings. The number of benzene rings is 1. The second kappa shape index (κ2) is 6.00. The molecule has 3 N–H and O–H groups in total. The van der Waals surface area contributed by atoms with Crippen LogP contribution in [0.2, 0.25) is 5.02 Å². The molecule has 0 saturated carbocycles. The van der Waals surface area contributed by atoms with Gasteiger partial charge in [0.1, 0.15) is 0 Å². The summed E-state index contributed by atoms with van der Waals surface area (Å²) in [6, 6.07) is 7.04. The van der Waals surface area contributed by atoms with Gasteiger partial charge in [-0.3, -0.25) is 4.79 Å². The zero-order chi connectivity index (χ0) is 12.9. The molecule has 4 nitrogen and oxygen atoms in total. The van der Waals surface area contributed by atoms with Crippen molar-refractivity contribution in [2.45, 2.75) is 19.4 Å². The van der Waals surface area contributed by atoms with Gasteiger partial charge in [-0.25, -0.2) is 0 Å². The molecule has 0 unspecified atom stereocenters. The molecule has 1 aromatic carbocycles. The van der Waals surface area contributed by atoms with Crippen LogP contribution in [0.1, 0.15) is 13.8 Å². The Morgan fingerprint density at radius 3 is 2.65 bits per heavy atom. The van der Waals surface area contributed by atoms with Gasteiger partial charge in [-0.1, -0.05) is 23.7 Å². The lowest BCUT2D eigenvalue weighted by atomic mass is 10.1. The highest BCUT2D eigenvalue weighted by molar-refractivity contribution is 6.33. The number of carbonyl (C=O) groups excluding carboxylic acids is 1. The molecule has 0 radical (unpaired) electrons. The molecule has 94 valence electrons. The van der Waals surface area contributed by atoms with Gasteiger partial charge in [-0.15, -0.1) is 0 Å². The molecule has 0 aliphatic heterocycles. The number of rotatable bonds is 5. The number of hydrogen-bond acceptors (Lipinski definition) is 3. The first-order chi connectivity index (χ1) is 7.88. The zero-order valence-corrected chi connectivity index (χ0v) is 10.7. The Balaban J connectivity index is 2.38. The van der Waals surface area contributed by atoms with Crippen molar-refractivity contribution in [3.8, 4) is 0 Å². The van der Waals surface area contributed by atoms with Crippen LogP contribution in [0.5, 0.6) is 0 Å². The number of aliphatic hydroxyl groups is 1. The van der Waals surface area contributed by atoms with Crippen LogP contribution >= 0.6 is 11.6 Å². The van der Waals surface area contributed by atoms with Crippen molar-refractivity contribution in [1.82, 2.24) is 5.32 Å². The smallest absolute Gasteiger partial charge is 0.238 e. The van der Waals surface area contributed by atoms with Crippen LogP contribution in [-0.4, -0.2) is 29.7 Å². The van der Waals surface area contributed by atoms with Gasteiger partial charge < -0.3 is 15.7 Å². The highest BCUT2D eigenvalue weighted by atomic mass is 35.5. The topological polar surface area (TPSA) is 61.4 Å². The van der Waals surface area contributed by atoms with Crippen LogP contribution in [-0.2, 0) is 4.79 Å². The first-order valence-corrected chi connectivity index (χ1v) is 5.74. The van der Waals surface area contributed by atoms with Gasteiger partial charge in [0.25, 0.3) is 0 Å². The van der Waals surface area contributed by atoms with E-state index in [1.54, 1.807) is 38.1 Å². The van der Waals surface area contributed by atoms with Crippen LogP contribution in [0.15, 0.2) is 24.3 Å². The van der Waals surface area contributed by atoms with Crippen LogP contribution in [0.3, 0.4) is 0 Å². The molecule has 0 aromatic heterocycles. The fourth-order valence-corrected chi connectivity index (χ4v) is 1.42. The van der Waals surface area contributed by atoms with Gasteiger partial charge >= 0.3 is 0 Å². The first kappa shape index (κ1) is 14.0. The molecule has 0 bridgehead atoms. The lowest BCUT2D eigenvalue weighted by molar-refractivity contribution is -0.115. The molecule has 0 aliphatic carbocycles. The number of amides is 1. The van der Waals surface area contributed by atoms with Crippen molar-refractivity contribution in [2.75, 3.05) is 18.4 Å². The van der Waals surface area contributed by atoms with E-state index >= 15 is 0 Å². The first-order valence-electron chi connectivity index (χ1n) is 5.36. The van der Waals surface area contributed by atoms with Gasteiger partial charge in [0, 0.05) is 6.54 Å².